The molecule has 1 heterocycles. The Balaban J connectivity index is 0.00000220. The number of nitrogens with zero attached hydrogens (tertiary/aromatic N) is 1. The summed E-state index contributed by atoms with van der Waals surface area (Å²) in [6.45, 7) is 4.39. The molecule has 21 heavy (non-hydrogen) atoms. The molecular formula is C16H25ClN2O2. The summed E-state index contributed by atoms with van der Waals surface area (Å²) in [5.41, 5.74) is 1.14. The number of rotatable bonds is 5. The van der Waals surface area contributed by atoms with E-state index in [2.05, 4.69) is 5.32 Å². The van der Waals surface area contributed by atoms with E-state index in [0.29, 0.717) is 6.54 Å². The summed E-state index contributed by atoms with van der Waals surface area (Å²) >= 11 is 0. The summed E-state index contributed by atoms with van der Waals surface area (Å²) in [6.07, 6.45) is 3.27. The van der Waals surface area contributed by atoms with Crippen molar-refractivity contribution in [1.82, 2.24) is 10.2 Å². The first kappa shape index (κ1) is 17.8. The number of benzene rings is 1. The van der Waals surface area contributed by atoms with Gasteiger partial charge in [-0.3, -0.25) is 4.79 Å². The highest BCUT2D eigenvalue weighted by atomic mass is 35.5. The molecule has 5 heteroatoms. The Hall–Kier alpha value is -1.26. The van der Waals surface area contributed by atoms with Crippen LogP contribution < -0.4 is 10.1 Å². The summed E-state index contributed by atoms with van der Waals surface area (Å²) in [5, 5.41) is 3.33. The highest BCUT2D eigenvalue weighted by Crippen LogP contribution is 2.15. The zero-order valence-corrected chi connectivity index (χ0v) is 13.6. The van der Waals surface area contributed by atoms with E-state index in [-0.39, 0.29) is 24.4 Å². The third-order valence-electron chi connectivity index (χ3n) is 3.83. The van der Waals surface area contributed by atoms with Gasteiger partial charge in [-0.25, -0.2) is 0 Å². The minimum atomic E-state index is 0. The fourth-order valence-electron chi connectivity index (χ4n) is 2.58. The number of carbonyl (C=O) groups is 1. The number of nitrogens with one attached hydrogen (secondary N) is 1. The van der Waals surface area contributed by atoms with Gasteiger partial charge in [-0.15, -0.1) is 12.4 Å². The Bertz CT molecular complexity index is 430. The van der Waals surface area contributed by atoms with Crippen LogP contribution in [-0.4, -0.2) is 37.0 Å². The summed E-state index contributed by atoms with van der Waals surface area (Å²) in [6, 6.07) is 7.91. The van der Waals surface area contributed by atoms with Crippen LogP contribution in [0.1, 0.15) is 31.7 Å². The van der Waals surface area contributed by atoms with Gasteiger partial charge in [0.15, 0.2) is 0 Å². The molecule has 1 aliphatic rings. The van der Waals surface area contributed by atoms with Gasteiger partial charge in [0.25, 0.3) is 0 Å². The molecule has 2 rings (SSSR count). The average molecular weight is 313 g/mol. The molecule has 1 unspecified atom stereocenters. The number of amides is 1. The van der Waals surface area contributed by atoms with E-state index >= 15 is 0 Å². The van der Waals surface area contributed by atoms with Crippen LogP contribution in [0.2, 0.25) is 0 Å². The Morgan fingerprint density at radius 1 is 1.33 bits per heavy atom. The van der Waals surface area contributed by atoms with E-state index in [9.17, 15) is 4.79 Å². The van der Waals surface area contributed by atoms with Crippen LogP contribution in [0.4, 0.5) is 0 Å². The Morgan fingerprint density at radius 2 is 2.05 bits per heavy atom. The summed E-state index contributed by atoms with van der Waals surface area (Å²) < 4.78 is 5.15. The molecule has 1 N–H and O–H groups in total. The minimum Gasteiger partial charge on any atom is -0.497 e. The Kier molecular flexibility index (Phi) is 7.54. The zero-order valence-electron chi connectivity index (χ0n) is 12.8. The number of likely N-dealkylation sites (N-methyl/N-ethyl adjacent to an activating group) is 1. The van der Waals surface area contributed by atoms with Crippen molar-refractivity contribution in [1.29, 1.82) is 0 Å². The molecule has 0 bridgehead atoms. The van der Waals surface area contributed by atoms with E-state index < -0.39 is 0 Å². The Morgan fingerprint density at radius 3 is 2.57 bits per heavy atom. The largest absolute Gasteiger partial charge is 0.497 e. The predicted octanol–water partition coefficient (Wildman–Crippen LogP) is 2.61. The van der Waals surface area contributed by atoms with Crippen LogP contribution in [0.15, 0.2) is 24.3 Å². The van der Waals surface area contributed by atoms with Gasteiger partial charge in [0.2, 0.25) is 5.91 Å². The number of ether oxygens (including phenoxy) is 1. The van der Waals surface area contributed by atoms with Gasteiger partial charge in [0, 0.05) is 13.1 Å². The standard InChI is InChI=1S/C16H24N2O2.ClH/c1-3-18(16(19)15-6-4-5-11-17-15)12-13-7-9-14(20-2)10-8-13;/h7-10,15,17H,3-6,11-12H2,1-2H3;1H. The molecule has 1 aromatic carbocycles. The number of carbonyl (C=O) groups excluding carboxylic acids is 1. The summed E-state index contributed by atoms with van der Waals surface area (Å²) in [7, 11) is 1.66. The topological polar surface area (TPSA) is 41.6 Å². The molecule has 0 radical (unpaired) electrons. The lowest BCUT2D eigenvalue weighted by atomic mass is 10.0. The third kappa shape index (κ3) is 4.90. The van der Waals surface area contributed by atoms with E-state index in [0.717, 1.165) is 37.2 Å². The number of piperidine rings is 1. The summed E-state index contributed by atoms with van der Waals surface area (Å²) in [4.78, 5) is 14.4. The highest BCUT2D eigenvalue weighted by Gasteiger charge is 2.24. The second-order valence-corrected chi connectivity index (χ2v) is 5.20. The van der Waals surface area contributed by atoms with Crippen molar-refractivity contribution >= 4 is 18.3 Å². The molecule has 1 aromatic rings. The van der Waals surface area contributed by atoms with Crippen molar-refractivity contribution in [3.63, 3.8) is 0 Å². The van der Waals surface area contributed by atoms with Crippen molar-refractivity contribution in [2.75, 3.05) is 20.2 Å². The number of hydrogen-bond acceptors (Lipinski definition) is 3. The van der Waals surface area contributed by atoms with Gasteiger partial charge in [0.05, 0.1) is 13.2 Å². The first-order valence-electron chi connectivity index (χ1n) is 7.39. The molecule has 0 saturated carbocycles. The van der Waals surface area contributed by atoms with E-state index in [1.165, 1.54) is 6.42 Å². The van der Waals surface area contributed by atoms with Gasteiger partial charge in [-0.2, -0.15) is 0 Å². The first-order chi connectivity index (χ1) is 9.74. The third-order valence-corrected chi connectivity index (χ3v) is 3.83. The van der Waals surface area contributed by atoms with Crippen molar-refractivity contribution < 1.29 is 9.53 Å². The highest BCUT2D eigenvalue weighted by molar-refractivity contribution is 5.85. The molecule has 0 spiro atoms. The Labute approximate surface area is 133 Å². The monoisotopic (exact) mass is 312 g/mol. The van der Waals surface area contributed by atoms with Crippen LogP contribution >= 0.6 is 12.4 Å². The number of halogens is 1. The van der Waals surface area contributed by atoms with Crippen LogP contribution in [0.5, 0.6) is 5.75 Å². The molecule has 0 aliphatic carbocycles. The molecule has 4 nitrogen and oxygen atoms in total. The van der Waals surface area contributed by atoms with Crippen LogP contribution in [0.25, 0.3) is 0 Å². The smallest absolute Gasteiger partial charge is 0.239 e. The fourth-order valence-corrected chi connectivity index (χ4v) is 2.58. The number of hydrogen-bond donors (Lipinski definition) is 1. The second kappa shape index (κ2) is 8.90. The van der Waals surface area contributed by atoms with Crippen molar-refractivity contribution in [3.8, 4) is 5.75 Å². The minimum absolute atomic E-state index is 0. The van der Waals surface area contributed by atoms with Crippen molar-refractivity contribution in [3.05, 3.63) is 29.8 Å². The summed E-state index contributed by atoms with van der Waals surface area (Å²) in [5.74, 6) is 1.07. The molecule has 1 fully saturated rings. The van der Waals surface area contributed by atoms with Crippen LogP contribution in [0, 0.1) is 0 Å². The first-order valence-corrected chi connectivity index (χ1v) is 7.39. The predicted molar refractivity (Wildman–Crippen MR) is 87.0 cm³/mol. The molecule has 1 aliphatic heterocycles. The maximum atomic E-state index is 12.5. The molecular weight excluding hydrogens is 288 g/mol. The lowest BCUT2D eigenvalue weighted by Gasteiger charge is -2.29. The maximum absolute atomic E-state index is 12.5. The average Bonchev–Trinajstić information content (AvgIpc) is 2.53. The second-order valence-electron chi connectivity index (χ2n) is 5.20. The van der Waals surface area contributed by atoms with E-state index in [4.69, 9.17) is 4.74 Å². The molecule has 0 aromatic heterocycles. The van der Waals surface area contributed by atoms with Gasteiger partial charge in [-0.1, -0.05) is 18.6 Å². The molecule has 1 amide bonds. The van der Waals surface area contributed by atoms with Gasteiger partial charge < -0.3 is 15.0 Å². The fraction of sp³-hybridized carbons (Fsp3) is 0.562. The molecule has 1 saturated heterocycles. The van der Waals surface area contributed by atoms with E-state index in [1.54, 1.807) is 7.11 Å². The van der Waals surface area contributed by atoms with Gasteiger partial charge >= 0.3 is 0 Å². The lowest BCUT2D eigenvalue weighted by molar-refractivity contribution is -0.134. The van der Waals surface area contributed by atoms with Crippen molar-refractivity contribution in [2.24, 2.45) is 0 Å². The quantitative estimate of drug-likeness (QED) is 0.908. The maximum Gasteiger partial charge on any atom is 0.239 e. The van der Waals surface area contributed by atoms with Gasteiger partial charge in [0.1, 0.15) is 5.75 Å². The number of methoxy groups -OCH3 is 1. The van der Waals surface area contributed by atoms with Crippen LogP contribution in [0.3, 0.4) is 0 Å². The zero-order chi connectivity index (χ0) is 14.4. The molecule has 1 atom stereocenters. The normalized spacial score (nSPS) is 17.7. The van der Waals surface area contributed by atoms with Crippen molar-refractivity contribution in [2.45, 2.75) is 38.8 Å². The molecule has 118 valence electrons. The van der Waals surface area contributed by atoms with Gasteiger partial charge in [-0.05, 0) is 44.0 Å². The van der Waals surface area contributed by atoms with E-state index in [1.807, 2.05) is 36.1 Å². The van der Waals surface area contributed by atoms with Crippen LogP contribution in [-0.2, 0) is 11.3 Å². The SMILES string of the molecule is CCN(Cc1ccc(OC)cc1)C(=O)C1CCCCN1.Cl. The lowest BCUT2D eigenvalue weighted by Crippen LogP contribution is -2.48.